The molecule has 0 aliphatic heterocycles. The van der Waals surface area contributed by atoms with Gasteiger partial charge in [0, 0.05) is 13.0 Å². The van der Waals surface area contributed by atoms with Crippen LogP contribution in [0.2, 0.25) is 0 Å². The first-order valence-corrected chi connectivity index (χ1v) is 13.4. The Morgan fingerprint density at radius 3 is 1.92 bits per heavy atom. The normalized spacial score (nSPS) is 16.5. The third-order valence-corrected chi connectivity index (χ3v) is 6.86. The molecule has 1 atom stereocenters. The molecule has 6 nitrogen and oxygen atoms in total. The lowest BCUT2D eigenvalue weighted by atomic mass is 9.89. The van der Waals surface area contributed by atoms with Crippen LogP contribution in [-0.4, -0.2) is 41.0 Å². The van der Waals surface area contributed by atoms with Crippen LogP contribution in [0.5, 0.6) is 5.75 Å². The van der Waals surface area contributed by atoms with Gasteiger partial charge >= 0.3 is 11.9 Å². The molecule has 1 aliphatic carbocycles. The minimum Gasteiger partial charge on any atom is -0.494 e. The fraction of sp³-hybridized carbons (Fsp3) is 0.273. The molecule has 6 heteroatoms. The van der Waals surface area contributed by atoms with Gasteiger partial charge in [0.2, 0.25) is 0 Å². The molecule has 0 aromatic heterocycles. The van der Waals surface area contributed by atoms with Crippen molar-refractivity contribution < 1.29 is 29.3 Å². The van der Waals surface area contributed by atoms with Crippen LogP contribution in [0.25, 0.3) is 16.7 Å². The van der Waals surface area contributed by atoms with E-state index in [0.29, 0.717) is 19.6 Å². The van der Waals surface area contributed by atoms with Crippen LogP contribution in [0.4, 0.5) is 0 Å². The third-order valence-electron chi connectivity index (χ3n) is 6.86. The summed E-state index contributed by atoms with van der Waals surface area (Å²) >= 11 is 0. The summed E-state index contributed by atoms with van der Waals surface area (Å²) in [6.45, 7) is 1.04. The number of hydrogen-bond acceptors (Lipinski definition) is 4. The first-order chi connectivity index (χ1) is 19.0. The minimum atomic E-state index is -1.29. The van der Waals surface area contributed by atoms with Crippen molar-refractivity contribution in [3.05, 3.63) is 108 Å². The van der Waals surface area contributed by atoms with Crippen molar-refractivity contribution >= 4 is 17.5 Å². The zero-order valence-corrected chi connectivity index (χ0v) is 21.9. The Bertz CT molecular complexity index is 1290. The second-order valence-corrected chi connectivity index (χ2v) is 9.63. The molecule has 2 N–H and O–H groups in total. The van der Waals surface area contributed by atoms with E-state index in [1.165, 1.54) is 0 Å². The van der Waals surface area contributed by atoms with E-state index in [0.717, 1.165) is 60.1 Å². The molecule has 0 radical (unpaired) electrons. The average Bonchev–Trinajstić information content (AvgIpc) is 2.97. The van der Waals surface area contributed by atoms with E-state index in [1.807, 2.05) is 66.7 Å². The summed E-state index contributed by atoms with van der Waals surface area (Å²) in [7, 11) is 0. The van der Waals surface area contributed by atoms with Gasteiger partial charge in [-0.25, -0.2) is 9.59 Å². The molecule has 0 spiro atoms. The molecule has 0 saturated carbocycles. The van der Waals surface area contributed by atoms with E-state index < -0.39 is 17.5 Å². The van der Waals surface area contributed by atoms with Gasteiger partial charge in [0.25, 0.3) is 0 Å². The molecule has 39 heavy (non-hydrogen) atoms. The number of rotatable bonds is 14. The number of aliphatic carboxylic acids is 1. The summed E-state index contributed by atoms with van der Waals surface area (Å²) in [5, 5.41) is 18.8. The lowest BCUT2D eigenvalue weighted by Gasteiger charge is -2.28. The third kappa shape index (κ3) is 7.68. The molecular formula is C33H34O6. The Hall–Kier alpha value is -4.16. The van der Waals surface area contributed by atoms with Crippen LogP contribution in [-0.2, 0) is 9.53 Å². The second kappa shape index (κ2) is 13.6. The van der Waals surface area contributed by atoms with Gasteiger partial charge in [0.05, 0.1) is 12.2 Å². The number of hydrogen-bond donors (Lipinski definition) is 2. The summed E-state index contributed by atoms with van der Waals surface area (Å²) < 4.78 is 11.7. The average molecular weight is 527 g/mol. The van der Waals surface area contributed by atoms with Crippen LogP contribution < -0.4 is 4.74 Å². The Morgan fingerprint density at radius 1 is 0.718 bits per heavy atom. The SMILES string of the molecule is O=C(O)c1ccc(-c2ccc(OCCCCCCCOC3(C(=O)O)C=CC(c4ccccc4)=CC3)cc2)cc1. The molecular weight excluding hydrogens is 492 g/mol. The molecule has 0 fully saturated rings. The second-order valence-electron chi connectivity index (χ2n) is 9.63. The standard InChI is InChI=1S/C33H34O6/c34-31(35)29-13-11-26(12-14-29)27-15-17-30(18-16-27)38-23-7-2-1-3-8-24-39-33(32(36)37)21-19-28(20-22-33)25-9-5-4-6-10-25/h4-6,9-21H,1-3,7-8,22-24H2,(H,34,35)(H,36,37). The van der Waals surface area contributed by atoms with Crippen LogP contribution in [0.1, 0.15) is 54.4 Å². The highest BCUT2D eigenvalue weighted by molar-refractivity contribution is 5.88. The van der Waals surface area contributed by atoms with Crippen molar-refractivity contribution in [2.24, 2.45) is 0 Å². The summed E-state index contributed by atoms with van der Waals surface area (Å²) in [6, 6.07) is 24.5. The molecule has 1 unspecified atom stereocenters. The number of allylic oxidation sites excluding steroid dienone is 2. The molecule has 0 bridgehead atoms. The molecule has 3 aromatic rings. The largest absolute Gasteiger partial charge is 0.494 e. The van der Waals surface area contributed by atoms with Crippen molar-refractivity contribution in [2.75, 3.05) is 13.2 Å². The van der Waals surface area contributed by atoms with Gasteiger partial charge in [-0.1, -0.05) is 86.0 Å². The van der Waals surface area contributed by atoms with E-state index in [1.54, 1.807) is 30.3 Å². The zero-order chi connectivity index (χ0) is 27.5. The fourth-order valence-corrected chi connectivity index (χ4v) is 4.52. The number of benzene rings is 3. The van der Waals surface area contributed by atoms with Crippen molar-refractivity contribution in [1.82, 2.24) is 0 Å². The first kappa shape index (κ1) is 27.9. The minimum absolute atomic E-state index is 0.270. The number of carbonyl (C=O) groups is 2. The maximum Gasteiger partial charge on any atom is 0.340 e. The van der Waals surface area contributed by atoms with E-state index in [2.05, 4.69) is 0 Å². The van der Waals surface area contributed by atoms with Crippen LogP contribution in [0.15, 0.2) is 97.1 Å². The van der Waals surface area contributed by atoms with Gasteiger partial charge < -0.3 is 19.7 Å². The predicted octanol–water partition coefficient (Wildman–Crippen LogP) is 7.26. The molecule has 0 saturated heterocycles. The van der Waals surface area contributed by atoms with Crippen molar-refractivity contribution in [1.29, 1.82) is 0 Å². The maximum absolute atomic E-state index is 12.0. The molecule has 0 amide bonds. The van der Waals surface area contributed by atoms with E-state index in [-0.39, 0.29) is 5.56 Å². The van der Waals surface area contributed by atoms with Gasteiger partial charge in [0.1, 0.15) is 5.75 Å². The smallest absolute Gasteiger partial charge is 0.340 e. The van der Waals surface area contributed by atoms with Crippen molar-refractivity contribution in [3.63, 3.8) is 0 Å². The Morgan fingerprint density at radius 2 is 1.33 bits per heavy atom. The maximum atomic E-state index is 12.0. The highest BCUT2D eigenvalue weighted by Crippen LogP contribution is 2.30. The topological polar surface area (TPSA) is 93.1 Å². The van der Waals surface area contributed by atoms with E-state index in [4.69, 9.17) is 14.6 Å². The van der Waals surface area contributed by atoms with E-state index in [9.17, 15) is 14.7 Å². The molecule has 202 valence electrons. The van der Waals surface area contributed by atoms with Gasteiger partial charge in [-0.2, -0.15) is 0 Å². The van der Waals surface area contributed by atoms with Crippen molar-refractivity contribution in [2.45, 2.75) is 44.1 Å². The number of aromatic carboxylic acids is 1. The van der Waals surface area contributed by atoms with E-state index >= 15 is 0 Å². The zero-order valence-electron chi connectivity index (χ0n) is 21.9. The van der Waals surface area contributed by atoms with Crippen molar-refractivity contribution in [3.8, 4) is 16.9 Å². The summed E-state index contributed by atoms with van der Waals surface area (Å²) in [6.07, 6.45) is 10.6. The summed E-state index contributed by atoms with van der Waals surface area (Å²) in [5.74, 6) is -1.08. The molecule has 4 rings (SSSR count). The Balaban J connectivity index is 1.10. The van der Waals surface area contributed by atoms with Crippen LogP contribution >= 0.6 is 0 Å². The van der Waals surface area contributed by atoms with Gasteiger partial charge in [-0.3, -0.25) is 0 Å². The lowest BCUT2D eigenvalue weighted by molar-refractivity contribution is -0.159. The van der Waals surface area contributed by atoms with Crippen LogP contribution in [0.3, 0.4) is 0 Å². The molecule has 1 aliphatic rings. The monoisotopic (exact) mass is 526 g/mol. The first-order valence-electron chi connectivity index (χ1n) is 13.4. The van der Waals surface area contributed by atoms with Gasteiger partial charge in [-0.15, -0.1) is 0 Å². The number of carboxylic acid groups (broad SMARTS) is 2. The quantitative estimate of drug-likeness (QED) is 0.215. The number of ether oxygens (including phenoxy) is 2. The Labute approximate surface area is 229 Å². The molecule has 3 aromatic carbocycles. The Kier molecular flexibility index (Phi) is 9.70. The van der Waals surface area contributed by atoms with Crippen LogP contribution in [0, 0.1) is 0 Å². The lowest BCUT2D eigenvalue weighted by Crippen LogP contribution is -2.40. The number of carboxylic acids is 2. The van der Waals surface area contributed by atoms with Gasteiger partial charge in [0.15, 0.2) is 5.60 Å². The summed E-state index contributed by atoms with van der Waals surface area (Å²) in [5.41, 5.74) is 3.02. The summed E-state index contributed by atoms with van der Waals surface area (Å²) in [4.78, 5) is 23.0. The fourth-order valence-electron chi connectivity index (χ4n) is 4.52. The number of unbranched alkanes of at least 4 members (excludes halogenated alkanes) is 4. The highest BCUT2D eigenvalue weighted by atomic mass is 16.5. The highest BCUT2D eigenvalue weighted by Gasteiger charge is 2.37. The molecule has 0 heterocycles. The van der Waals surface area contributed by atoms with Gasteiger partial charge in [-0.05, 0) is 65.4 Å². The predicted molar refractivity (Wildman–Crippen MR) is 152 cm³/mol.